The summed E-state index contributed by atoms with van der Waals surface area (Å²) >= 11 is 0. The lowest BCUT2D eigenvalue weighted by molar-refractivity contribution is -0.132. The molecule has 0 aromatic carbocycles. The quantitative estimate of drug-likeness (QED) is 0.880. The molecule has 0 radical (unpaired) electrons. The lowest BCUT2D eigenvalue weighted by atomic mass is 9.93. The Morgan fingerprint density at radius 2 is 2.11 bits per heavy atom. The Morgan fingerprint density at radius 3 is 2.63 bits per heavy atom. The number of carbonyl (C=O) groups excluding carboxylic acids is 1. The number of aromatic nitrogens is 1. The Bertz CT molecular complexity index is 422. The van der Waals surface area contributed by atoms with Crippen molar-refractivity contribution in [2.75, 3.05) is 39.5 Å². The first-order valence-electron chi connectivity index (χ1n) is 6.70. The van der Waals surface area contributed by atoms with Crippen molar-refractivity contribution in [3.05, 3.63) is 24.0 Å². The summed E-state index contributed by atoms with van der Waals surface area (Å²) in [6.45, 7) is 2.14. The molecule has 2 rings (SSSR count). The summed E-state index contributed by atoms with van der Waals surface area (Å²) < 4.78 is 0. The Kier molecular flexibility index (Phi) is 4.37. The van der Waals surface area contributed by atoms with Crippen LogP contribution in [0, 0.1) is 0 Å². The van der Waals surface area contributed by atoms with E-state index >= 15 is 0 Å². The van der Waals surface area contributed by atoms with Gasteiger partial charge in [0.1, 0.15) is 0 Å². The highest BCUT2D eigenvalue weighted by Crippen LogP contribution is 2.26. The number of anilines is 1. The number of nitrogens with two attached hydrogens (primary N) is 1. The Labute approximate surface area is 114 Å². The summed E-state index contributed by atoms with van der Waals surface area (Å²) in [6, 6.07) is 3.89. The molecule has 0 bridgehead atoms. The first kappa shape index (κ1) is 13.8. The van der Waals surface area contributed by atoms with Crippen LogP contribution in [0.4, 0.5) is 5.69 Å². The molecule has 19 heavy (non-hydrogen) atoms. The third-order valence-electron chi connectivity index (χ3n) is 3.53. The Morgan fingerprint density at radius 1 is 1.42 bits per heavy atom. The highest BCUT2D eigenvalue weighted by molar-refractivity contribution is 5.78. The second-order valence-corrected chi connectivity index (χ2v) is 5.41. The van der Waals surface area contributed by atoms with Crippen LogP contribution in [0.3, 0.4) is 0 Å². The molecule has 0 saturated carbocycles. The van der Waals surface area contributed by atoms with Crippen LogP contribution in [0.5, 0.6) is 0 Å². The molecule has 1 fully saturated rings. The van der Waals surface area contributed by atoms with Gasteiger partial charge in [-0.25, -0.2) is 0 Å². The van der Waals surface area contributed by atoms with Crippen molar-refractivity contribution >= 4 is 11.6 Å². The number of nitrogens with zero attached hydrogens (tertiary/aromatic N) is 3. The second-order valence-electron chi connectivity index (χ2n) is 5.41. The van der Waals surface area contributed by atoms with E-state index in [1.807, 2.05) is 36.0 Å². The molecule has 104 valence electrons. The fraction of sp³-hybridized carbons (Fsp3) is 0.571. The smallest absolute Gasteiger partial charge is 0.236 e. The number of piperidine rings is 1. The number of carbonyl (C=O) groups is 1. The summed E-state index contributed by atoms with van der Waals surface area (Å²) in [7, 11) is 3.84. The van der Waals surface area contributed by atoms with Gasteiger partial charge in [-0.2, -0.15) is 0 Å². The molecule has 1 aromatic rings. The number of likely N-dealkylation sites (tertiary alicyclic amines) is 1. The first-order chi connectivity index (χ1) is 9.06. The summed E-state index contributed by atoms with van der Waals surface area (Å²) in [5.41, 5.74) is 7.43. The SMILES string of the molecule is CN(C)CC(=O)N1CCC(c2ccc(N)cn2)CC1. The van der Waals surface area contributed by atoms with Crippen molar-refractivity contribution in [2.45, 2.75) is 18.8 Å². The summed E-state index contributed by atoms with van der Waals surface area (Å²) in [5.74, 6) is 0.665. The van der Waals surface area contributed by atoms with E-state index < -0.39 is 0 Å². The third kappa shape index (κ3) is 3.67. The second kappa shape index (κ2) is 6.02. The number of rotatable bonds is 3. The van der Waals surface area contributed by atoms with Gasteiger partial charge < -0.3 is 15.5 Å². The van der Waals surface area contributed by atoms with E-state index in [1.165, 1.54) is 0 Å². The Hall–Kier alpha value is -1.62. The van der Waals surface area contributed by atoms with Crippen molar-refractivity contribution in [3.63, 3.8) is 0 Å². The molecule has 1 aliphatic rings. The number of hydrogen-bond donors (Lipinski definition) is 1. The number of likely N-dealkylation sites (N-methyl/N-ethyl adjacent to an activating group) is 1. The van der Waals surface area contributed by atoms with Gasteiger partial charge in [0.05, 0.1) is 18.4 Å². The molecule has 5 heteroatoms. The van der Waals surface area contributed by atoms with Crippen molar-refractivity contribution in [3.8, 4) is 0 Å². The van der Waals surface area contributed by atoms with Gasteiger partial charge in [-0.1, -0.05) is 0 Å². The van der Waals surface area contributed by atoms with E-state index in [-0.39, 0.29) is 5.91 Å². The third-order valence-corrected chi connectivity index (χ3v) is 3.53. The van der Waals surface area contributed by atoms with Crippen molar-refractivity contribution < 1.29 is 4.79 Å². The lowest BCUT2D eigenvalue weighted by Gasteiger charge is -2.32. The predicted octanol–water partition coefficient (Wildman–Crippen LogP) is 0.931. The van der Waals surface area contributed by atoms with Crippen LogP contribution in [-0.2, 0) is 4.79 Å². The molecule has 1 aromatic heterocycles. The number of hydrogen-bond acceptors (Lipinski definition) is 4. The van der Waals surface area contributed by atoms with Crippen molar-refractivity contribution in [1.29, 1.82) is 0 Å². The topological polar surface area (TPSA) is 62.5 Å². The number of pyridine rings is 1. The molecule has 2 N–H and O–H groups in total. The van der Waals surface area contributed by atoms with Gasteiger partial charge in [0.15, 0.2) is 0 Å². The minimum atomic E-state index is 0.216. The maximum Gasteiger partial charge on any atom is 0.236 e. The van der Waals surface area contributed by atoms with Crippen LogP contribution in [0.2, 0.25) is 0 Å². The largest absolute Gasteiger partial charge is 0.397 e. The predicted molar refractivity (Wildman–Crippen MR) is 75.8 cm³/mol. The van der Waals surface area contributed by atoms with Crippen LogP contribution < -0.4 is 5.73 Å². The molecule has 0 atom stereocenters. The maximum absolute atomic E-state index is 11.9. The average Bonchev–Trinajstić information content (AvgIpc) is 2.39. The molecular weight excluding hydrogens is 240 g/mol. The van der Waals surface area contributed by atoms with E-state index in [4.69, 9.17) is 5.73 Å². The average molecular weight is 262 g/mol. The molecule has 1 aliphatic heterocycles. The minimum Gasteiger partial charge on any atom is -0.397 e. The molecule has 1 saturated heterocycles. The van der Waals surface area contributed by atoms with Crippen LogP contribution in [0.1, 0.15) is 24.5 Å². The minimum absolute atomic E-state index is 0.216. The zero-order valence-corrected chi connectivity index (χ0v) is 11.7. The van der Waals surface area contributed by atoms with Crippen molar-refractivity contribution in [2.24, 2.45) is 0 Å². The normalized spacial score (nSPS) is 16.9. The zero-order valence-electron chi connectivity index (χ0n) is 11.7. The molecule has 1 amide bonds. The highest BCUT2D eigenvalue weighted by Gasteiger charge is 2.24. The van der Waals surface area contributed by atoms with Gasteiger partial charge in [-0.05, 0) is 39.1 Å². The highest BCUT2D eigenvalue weighted by atomic mass is 16.2. The van der Waals surface area contributed by atoms with E-state index in [0.717, 1.165) is 31.6 Å². The van der Waals surface area contributed by atoms with Crippen LogP contribution in [0.15, 0.2) is 18.3 Å². The first-order valence-corrected chi connectivity index (χ1v) is 6.70. The fourth-order valence-corrected chi connectivity index (χ4v) is 2.45. The zero-order chi connectivity index (χ0) is 13.8. The molecular formula is C14H22N4O. The van der Waals surface area contributed by atoms with Gasteiger partial charge in [-0.15, -0.1) is 0 Å². The standard InChI is InChI=1S/C14H22N4O/c1-17(2)10-14(19)18-7-5-11(6-8-18)13-4-3-12(15)9-16-13/h3-4,9,11H,5-8,10,15H2,1-2H3. The summed E-state index contributed by atoms with van der Waals surface area (Å²) in [5, 5.41) is 0. The molecule has 2 heterocycles. The summed E-state index contributed by atoms with van der Waals surface area (Å²) in [6.07, 6.45) is 3.67. The van der Waals surface area contributed by atoms with Crippen LogP contribution in [0.25, 0.3) is 0 Å². The monoisotopic (exact) mass is 262 g/mol. The van der Waals surface area contributed by atoms with E-state index in [0.29, 0.717) is 18.2 Å². The van der Waals surface area contributed by atoms with E-state index in [9.17, 15) is 4.79 Å². The molecule has 0 spiro atoms. The Balaban J connectivity index is 1.88. The van der Waals surface area contributed by atoms with Gasteiger partial charge in [0.2, 0.25) is 5.91 Å². The van der Waals surface area contributed by atoms with Gasteiger partial charge >= 0.3 is 0 Å². The maximum atomic E-state index is 11.9. The molecule has 0 aliphatic carbocycles. The van der Waals surface area contributed by atoms with Gasteiger partial charge in [0.25, 0.3) is 0 Å². The number of nitrogen functional groups attached to an aromatic ring is 1. The lowest BCUT2D eigenvalue weighted by Crippen LogP contribution is -2.42. The van der Waals surface area contributed by atoms with Gasteiger partial charge in [-0.3, -0.25) is 9.78 Å². The fourth-order valence-electron chi connectivity index (χ4n) is 2.45. The number of amides is 1. The van der Waals surface area contributed by atoms with E-state index in [2.05, 4.69) is 4.98 Å². The van der Waals surface area contributed by atoms with Crippen LogP contribution in [-0.4, -0.2) is 54.4 Å². The molecule has 0 unspecified atom stereocenters. The molecule has 5 nitrogen and oxygen atoms in total. The van der Waals surface area contributed by atoms with Gasteiger partial charge in [0, 0.05) is 24.7 Å². The summed E-state index contributed by atoms with van der Waals surface area (Å²) in [4.78, 5) is 20.2. The van der Waals surface area contributed by atoms with Crippen molar-refractivity contribution in [1.82, 2.24) is 14.8 Å². The van der Waals surface area contributed by atoms with E-state index in [1.54, 1.807) is 6.20 Å². The van der Waals surface area contributed by atoms with Crippen LogP contribution >= 0.6 is 0 Å².